The van der Waals surface area contributed by atoms with Gasteiger partial charge in [-0.25, -0.2) is 8.42 Å². The summed E-state index contributed by atoms with van der Waals surface area (Å²) in [7, 11) is -4.15. The van der Waals surface area contributed by atoms with Crippen LogP contribution in [0.5, 0.6) is 0 Å². The second-order valence-corrected chi connectivity index (χ2v) is 11.5. The Kier molecular flexibility index (Phi) is 10.2. The quantitative estimate of drug-likeness (QED) is 0.330. The minimum Gasteiger partial charge on any atom is -0.354 e. The lowest BCUT2D eigenvalue weighted by atomic mass is 10.1. The van der Waals surface area contributed by atoms with E-state index < -0.39 is 28.5 Å². The Labute approximate surface area is 234 Å². The Hall–Kier alpha value is -3.07. The minimum absolute atomic E-state index is 0.0209. The number of hydrogen-bond donors (Lipinski definition) is 1. The van der Waals surface area contributed by atoms with Gasteiger partial charge in [0.15, 0.2) is 0 Å². The van der Waals surface area contributed by atoms with Crippen molar-refractivity contribution in [2.75, 3.05) is 17.4 Å². The molecule has 0 fully saturated rings. The van der Waals surface area contributed by atoms with Crippen LogP contribution in [0.2, 0.25) is 10.0 Å². The standard InChI is InChI=1S/C28H31Cl2N3O4S/c1-4-16-31-28(35)21(3)32(18-22-10-8-9-13-25(22)29)27(34)19-33(23-15-14-20(2)26(30)17-23)38(36,37)24-11-6-5-7-12-24/h5-15,17,21H,4,16,18-19H2,1-3H3,(H,31,35)/t21-/m0/s1. The van der Waals surface area contributed by atoms with Crippen LogP contribution in [0.1, 0.15) is 31.4 Å². The summed E-state index contributed by atoms with van der Waals surface area (Å²) in [6, 6.07) is 18.8. The second kappa shape index (κ2) is 13.1. The van der Waals surface area contributed by atoms with Crippen molar-refractivity contribution in [3.05, 3.63) is 94.0 Å². The van der Waals surface area contributed by atoms with E-state index in [2.05, 4.69) is 5.32 Å². The van der Waals surface area contributed by atoms with Crippen LogP contribution in [0.25, 0.3) is 0 Å². The number of nitrogens with one attached hydrogen (secondary N) is 1. The molecule has 202 valence electrons. The lowest BCUT2D eigenvalue weighted by Crippen LogP contribution is -2.51. The summed E-state index contributed by atoms with van der Waals surface area (Å²) in [5.74, 6) is -0.914. The topological polar surface area (TPSA) is 86.8 Å². The molecule has 3 aromatic carbocycles. The van der Waals surface area contributed by atoms with E-state index in [9.17, 15) is 18.0 Å². The molecule has 0 radical (unpaired) electrons. The lowest BCUT2D eigenvalue weighted by molar-refractivity contribution is -0.139. The van der Waals surface area contributed by atoms with Gasteiger partial charge in [0.25, 0.3) is 10.0 Å². The van der Waals surface area contributed by atoms with E-state index in [0.717, 1.165) is 16.3 Å². The number of anilines is 1. The molecule has 0 aliphatic carbocycles. The zero-order valence-corrected chi connectivity index (χ0v) is 23.9. The highest BCUT2D eigenvalue weighted by Gasteiger charge is 2.32. The number of carbonyl (C=O) groups is 2. The Morgan fingerprint density at radius 1 is 0.947 bits per heavy atom. The lowest BCUT2D eigenvalue weighted by Gasteiger charge is -2.32. The Morgan fingerprint density at radius 2 is 1.61 bits per heavy atom. The number of aryl methyl sites for hydroxylation is 1. The van der Waals surface area contributed by atoms with Crippen molar-refractivity contribution in [2.24, 2.45) is 0 Å². The molecule has 0 unspecified atom stereocenters. The number of nitrogens with zero attached hydrogens (tertiary/aromatic N) is 2. The third-order valence-electron chi connectivity index (χ3n) is 6.07. The number of amides is 2. The van der Waals surface area contributed by atoms with Crippen molar-refractivity contribution in [1.82, 2.24) is 10.2 Å². The largest absolute Gasteiger partial charge is 0.354 e. The van der Waals surface area contributed by atoms with E-state index in [-0.39, 0.29) is 23.0 Å². The molecule has 0 saturated carbocycles. The first kappa shape index (κ1) is 29.5. The van der Waals surface area contributed by atoms with Gasteiger partial charge in [-0.15, -0.1) is 0 Å². The maximum Gasteiger partial charge on any atom is 0.264 e. The Bertz CT molecular complexity index is 1380. The summed E-state index contributed by atoms with van der Waals surface area (Å²) >= 11 is 12.7. The first-order valence-corrected chi connectivity index (χ1v) is 14.4. The number of hydrogen-bond acceptors (Lipinski definition) is 4. The monoisotopic (exact) mass is 575 g/mol. The molecule has 38 heavy (non-hydrogen) atoms. The molecule has 0 heterocycles. The smallest absolute Gasteiger partial charge is 0.264 e. The fourth-order valence-electron chi connectivity index (χ4n) is 3.77. The van der Waals surface area contributed by atoms with Gasteiger partial charge in [0.2, 0.25) is 11.8 Å². The van der Waals surface area contributed by atoms with Gasteiger partial charge in [-0.3, -0.25) is 13.9 Å². The zero-order chi connectivity index (χ0) is 27.9. The van der Waals surface area contributed by atoms with Gasteiger partial charge in [-0.2, -0.15) is 0 Å². The molecule has 0 aliphatic heterocycles. The van der Waals surface area contributed by atoms with Crippen LogP contribution in [0.15, 0.2) is 77.7 Å². The number of benzene rings is 3. The summed E-state index contributed by atoms with van der Waals surface area (Å²) in [5.41, 5.74) is 1.63. The molecule has 1 atom stereocenters. The van der Waals surface area contributed by atoms with E-state index in [1.54, 1.807) is 68.4 Å². The van der Waals surface area contributed by atoms with E-state index in [1.807, 2.05) is 6.92 Å². The van der Waals surface area contributed by atoms with Gasteiger partial charge >= 0.3 is 0 Å². The molecule has 10 heteroatoms. The third-order valence-corrected chi connectivity index (χ3v) is 8.63. The second-order valence-electron chi connectivity index (χ2n) is 8.84. The fourth-order valence-corrected chi connectivity index (χ4v) is 5.57. The van der Waals surface area contributed by atoms with Crippen LogP contribution >= 0.6 is 23.2 Å². The molecular weight excluding hydrogens is 545 g/mol. The van der Waals surface area contributed by atoms with E-state index >= 15 is 0 Å². The molecule has 0 aromatic heterocycles. The molecule has 7 nitrogen and oxygen atoms in total. The van der Waals surface area contributed by atoms with Gasteiger partial charge in [0, 0.05) is 23.1 Å². The van der Waals surface area contributed by atoms with Gasteiger partial charge in [-0.05, 0) is 61.7 Å². The Morgan fingerprint density at radius 3 is 2.24 bits per heavy atom. The van der Waals surface area contributed by atoms with Crippen LogP contribution in [0, 0.1) is 6.92 Å². The molecule has 0 bridgehead atoms. The normalized spacial score (nSPS) is 12.0. The highest BCUT2D eigenvalue weighted by molar-refractivity contribution is 7.92. The van der Waals surface area contributed by atoms with Crippen molar-refractivity contribution in [3.63, 3.8) is 0 Å². The minimum atomic E-state index is -4.15. The summed E-state index contributed by atoms with van der Waals surface area (Å²) in [6.45, 7) is 5.26. The summed E-state index contributed by atoms with van der Waals surface area (Å²) in [5, 5.41) is 3.61. The highest BCUT2D eigenvalue weighted by atomic mass is 35.5. The van der Waals surface area contributed by atoms with Crippen LogP contribution in [-0.4, -0.2) is 44.3 Å². The van der Waals surface area contributed by atoms with Crippen molar-refractivity contribution in [1.29, 1.82) is 0 Å². The van der Waals surface area contributed by atoms with Crippen LogP contribution in [0.3, 0.4) is 0 Å². The molecule has 0 saturated heterocycles. The van der Waals surface area contributed by atoms with E-state index in [1.165, 1.54) is 23.1 Å². The van der Waals surface area contributed by atoms with Crippen molar-refractivity contribution in [3.8, 4) is 0 Å². The maximum atomic E-state index is 13.9. The summed E-state index contributed by atoms with van der Waals surface area (Å²) in [4.78, 5) is 28.1. The molecule has 2 amide bonds. The zero-order valence-electron chi connectivity index (χ0n) is 21.5. The average molecular weight is 577 g/mol. The van der Waals surface area contributed by atoms with Crippen LogP contribution in [0.4, 0.5) is 5.69 Å². The predicted octanol–water partition coefficient (Wildman–Crippen LogP) is 5.44. The van der Waals surface area contributed by atoms with E-state index in [0.29, 0.717) is 22.2 Å². The van der Waals surface area contributed by atoms with Crippen LogP contribution < -0.4 is 9.62 Å². The summed E-state index contributed by atoms with van der Waals surface area (Å²) in [6.07, 6.45) is 0.730. The summed E-state index contributed by atoms with van der Waals surface area (Å²) < 4.78 is 28.5. The first-order valence-electron chi connectivity index (χ1n) is 12.2. The molecule has 1 N–H and O–H groups in total. The number of carbonyl (C=O) groups excluding carboxylic acids is 2. The van der Waals surface area contributed by atoms with E-state index in [4.69, 9.17) is 23.2 Å². The predicted molar refractivity (Wildman–Crippen MR) is 152 cm³/mol. The number of halogens is 2. The van der Waals surface area contributed by atoms with Crippen molar-refractivity contribution >= 4 is 50.7 Å². The van der Waals surface area contributed by atoms with Gasteiger partial charge in [0.05, 0.1) is 10.6 Å². The highest BCUT2D eigenvalue weighted by Crippen LogP contribution is 2.29. The third kappa shape index (κ3) is 7.07. The molecule has 3 rings (SSSR count). The molecule has 3 aromatic rings. The van der Waals surface area contributed by atoms with Crippen molar-refractivity contribution in [2.45, 2.75) is 44.7 Å². The number of sulfonamides is 1. The first-order chi connectivity index (χ1) is 18.1. The van der Waals surface area contributed by atoms with Gasteiger partial charge in [0.1, 0.15) is 12.6 Å². The number of rotatable bonds is 11. The van der Waals surface area contributed by atoms with Gasteiger partial charge < -0.3 is 10.2 Å². The van der Waals surface area contributed by atoms with Crippen molar-refractivity contribution < 1.29 is 18.0 Å². The SMILES string of the molecule is CCCNC(=O)[C@H](C)N(Cc1ccccc1Cl)C(=O)CN(c1ccc(C)c(Cl)c1)S(=O)(=O)c1ccccc1. The molecular formula is C28H31Cl2N3O4S. The van der Waals surface area contributed by atoms with Gasteiger partial charge in [-0.1, -0.05) is 72.6 Å². The average Bonchev–Trinajstić information content (AvgIpc) is 2.91. The molecule has 0 spiro atoms. The fraction of sp³-hybridized carbons (Fsp3) is 0.286. The maximum absolute atomic E-state index is 13.9. The molecule has 0 aliphatic rings. The Balaban J connectivity index is 2.04. The van der Waals surface area contributed by atoms with Crippen LogP contribution in [-0.2, 0) is 26.2 Å².